The van der Waals surface area contributed by atoms with E-state index < -0.39 is 0 Å². The average molecular weight is 268 g/mol. The van der Waals surface area contributed by atoms with Gasteiger partial charge in [-0.2, -0.15) is 9.67 Å². The molecule has 0 radical (unpaired) electrons. The van der Waals surface area contributed by atoms with Crippen molar-refractivity contribution < 1.29 is 5.11 Å². The number of pyridine rings is 1. The highest BCUT2D eigenvalue weighted by Gasteiger charge is 2.09. The lowest BCUT2D eigenvalue weighted by Gasteiger charge is -2.01. The van der Waals surface area contributed by atoms with Crippen LogP contribution in [0, 0.1) is 0 Å². The molecule has 0 saturated carbocycles. The highest BCUT2D eigenvalue weighted by Crippen LogP contribution is 2.19. The van der Waals surface area contributed by atoms with E-state index in [4.69, 9.17) is 5.73 Å². The third-order valence-electron chi connectivity index (χ3n) is 2.60. The van der Waals surface area contributed by atoms with Crippen LogP contribution in [0.15, 0.2) is 48.7 Å². The van der Waals surface area contributed by atoms with Crippen molar-refractivity contribution in [3.8, 4) is 11.6 Å². The first kappa shape index (κ1) is 12.0. The summed E-state index contributed by atoms with van der Waals surface area (Å²) in [6.07, 6.45) is 1.65. The number of hydrogen-bond donors (Lipinski definition) is 3. The molecule has 7 heteroatoms. The van der Waals surface area contributed by atoms with Crippen LogP contribution in [0.5, 0.6) is 5.75 Å². The molecular formula is C13H12N6O. The summed E-state index contributed by atoms with van der Waals surface area (Å²) in [7, 11) is 0. The lowest BCUT2D eigenvalue weighted by atomic mass is 10.3. The maximum absolute atomic E-state index is 9.41. The fourth-order valence-electron chi connectivity index (χ4n) is 1.74. The first-order valence-electron chi connectivity index (χ1n) is 5.92. The van der Waals surface area contributed by atoms with Crippen molar-refractivity contribution in [3.05, 3.63) is 48.7 Å². The third-order valence-corrected chi connectivity index (χ3v) is 2.60. The zero-order chi connectivity index (χ0) is 13.9. The van der Waals surface area contributed by atoms with Gasteiger partial charge in [0, 0.05) is 18.0 Å². The van der Waals surface area contributed by atoms with Gasteiger partial charge < -0.3 is 16.2 Å². The predicted octanol–water partition coefficient (Wildman–Crippen LogP) is 1.69. The molecule has 1 aromatic carbocycles. The number of phenols is 1. The first-order chi connectivity index (χ1) is 9.72. The van der Waals surface area contributed by atoms with Crippen molar-refractivity contribution in [2.45, 2.75) is 0 Å². The van der Waals surface area contributed by atoms with Crippen LogP contribution in [0.25, 0.3) is 5.82 Å². The van der Waals surface area contributed by atoms with E-state index in [9.17, 15) is 5.11 Å². The molecule has 2 heterocycles. The van der Waals surface area contributed by atoms with E-state index in [1.54, 1.807) is 36.5 Å². The number of nitrogens with two attached hydrogens (primary N) is 1. The van der Waals surface area contributed by atoms with E-state index in [0.29, 0.717) is 17.5 Å². The molecule has 0 unspecified atom stereocenters. The number of nitrogen functional groups attached to an aromatic ring is 1. The molecule has 0 aliphatic carbocycles. The summed E-state index contributed by atoms with van der Waals surface area (Å²) in [5, 5.41) is 16.6. The molecule has 0 bridgehead atoms. The highest BCUT2D eigenvalue weighted by molar-refractivity contribution is 5.56. The topological polar surface area (TPSA) is 102 Å². The number of nitrogens with one attached hydrogen (secondary N) is 1. The van der Waals surface area contributed by atoms with Gasteiger partial charge in [0.1, 0.15) is 5.75 Å². The Morgan fingerprint density at radius 3 is 2.80 bits per heavy atom. The van der Waals surface area contributed by atoms with E-state index in [-0.39, 0.29) is 11.7 Å². The zero-order valence-corrected chi connectivity index (χ0v) is 10.4. The number of nitrogens with zero attached hydrogens (tertiary/aromatic N) is 4. The van der Waals surface area contributed by atoms with Crippen LogP contribution in [0.4, 0.5) is 17.6 Å². The number of anilines is 3. The minimum Gasteiger partial charge on any atom is -0.508 e. The van der Waals surface area contributed by atoms with Crippen LogP contribution in [-0.2, 0) is 0 Å². The standard InChI is InChI=1S/C13H12N6O/c14-12-17-13(16-9-4-3-5-10(20)8-9)18-19(12)11-6-1-2-7-15-11/h1-8,20H,(H3,14,16,17,18). The van der Waals surface area contributed by atoms with E-state index in [0.717, 1.165) is 0 Å². The number of phenolic OH excluding ortho intramolecular Hbond substituents is 1. The monoisotopic (exact) mass is 268 g/mol. The van der Waals surface area contributed by atoms with Crippen molar-refractivity contribution in [1.29, 1.82) is 0 Å². The Kier molecular flexibility index (Phi) is 2.92. The molecular weight excluding hydrogens is 256 g/mol. The van der Waals surface area contributed by atoms with Gasteiger partial charge in [-0.25, -0.2) is 4.98 Å². The molecule has 100 valence electrons. The fraction of sp³-hybridized carbons (Fsp3) is 0. The van der Waals surface area contributed by atoms with E-state index in [1.165, 1.54) is 4.68 Å². The SMILES string of the molecule is Nc1nc(Nc2cccc(O)c2)nn1-c1ccccn1. The van der Waals surface area contributed by atoms with E-state index in [1.807, 2.05) is 12.1 Å². The predicted molar refractivity (Wildman–Crippen MR) is 75.0 cm³/mol. The van der Waals surface area contributed by atoms with Gasteiger partial charge >= 0.3 is 0 Å². The molecule has 0 aliphatic rings. The molecule has 0 fully saturated rings. The second-order valence-corrected chi connectivity index (χ2v) is 4.07. The molecule has 0 aliphatic heterocycles. The smallest absolute Gasteiger partial charge is 0.248 e. The molecule has 0 atom stereocenters. The summed E-state index contributed by atoms with van der Waals surface area (Å²) < 4.78 is 1.44. The molecule has 3 aromatic rings. The number of aromatic nitrogens is 4. The maximum atomic E-state index is 9.41. The quantitative estimate of drug-likeness (QED) is 0.668. The molecule has 2 aromatic heterocycles. The summed E-state index contributed by atoms with van der Waals surface area (Å²) in [5.41, 5.74) is 6.49. The molecule has 0 saturated heterocycles. The number of rotatable bonds is 3. The Balaban J connectivity index is 1.90. The Morgan fingerprint density at radius 1 is 1.15 bits per heavy atom. The van der Waals surface area contributed by atoms with Gasteiger partial charge in [-0.3, -0.25) is 0 Å². The maximum Gasteiger partial charge on any atom is 0.248 e. The van der Waals surface area contributed by atoms with Crippen molar-refractivity contribution in [2.75, 3.05) is 11.1 Å². The third kappa shape index (κ3) is 2.37. The van der Waals surface area contributed by atoms with Crippen molar-refractivity contribution in [1.82, 2.24) is 19.7 Å². The largest absolute Gasteiger partial charge is 0.508 e. The summed E-state index contributed by atoms with van der Waals surface area (Å²) in [6.45, 7) is 0. The van der Waals surface area contributed by atoms with E-state index >= 15 is 0 Å². The molecule has 7 nitrogen and oxygen atoms in total. The minimum absolute atomic E-state index is 0.159. The van der Waals surface area contributed by atoms with Crippen LogP contribution in [0.1, 0.15) is 0 Å². The van der Waals surface area contributed by atoms with Crippen LogP contribution in [0.2, 0.25) is 0 Å². The van der Waals surface area contributed by atoms with E-state index in [2.05, 4.69) is 20.4 Å². The number of hydrogen-bond acceptors (Lipinski definition) is 6. The molecule has 4 N–H and O–H groups in total. The lowest BCUT2D eigenvalue weighted by Crippen LogP contribution is -2.04. The first-order valence-corrected chi connectivity index (χ1v) is 5.92. The molecule has 3 rings (SSSR count). The van der Waals surface area contributed by atoms with Gasteiger partial charge in [-0.15, -0.1) is 5.10 Å². The number of aromatic hydroxyl groups is 1. The van der Waals surface area contributed by atoms with Gasteiger partial charge in [-0.05, 0) is 24.3 Å². The average Bonchev–Trinajstić information content (AvgIpc) is 2.80. The van der Waals surface area contributed by atoms with Crippen LogP contribution >= 0.6 is 0 Å². The fourth-order valence-corrected chi connectivity index (χ4v) is 1.74. The Labute approximate surface area is 114 Å². The van der Waals surface area contributed by atoms with Gasteiger partial charge in [0.05, 0.1) is 0 Å². The van der Waals surface area contributed by atoms with Crippen molar-refractivity contribution >= 4 is 17.6 Å². The lowest BCUT2D eigenvalue weighted by molar-refractivity contribution is 0.475. The van der Waals surface area contributed by atoms with Crippen LogP contribution in [-0.4, -0.2) is 24.9 Å². The van der Waals surface area contributed by atoms with Crippen LogP contribution in [0.3, 0.4) is 0 Å². The second kappa shape index (κ2) is 4.88. The summed E-state index contributed by atoms with van der Waals surface area (Å²) in [6, 6.07) is 12.1. The highest BCUT2D eigenvalue weighted by atomic mass is 16.3. The van der Waals surface area contributed by atoms with Gasteiger partial charge in [0.2, 0.25) is 11.9 Å². The minimum atomic E-state index is 0.159. The Morgan fingerprint density at radius 2 is 2.05 bits per heavy atom. The van der Waals surface area contributed by atoms with Gasteiger partial charge in [-0.1, -0.05) is 12.1 Å². The summed E-state index contributed by atoms with van der Waals surface area (Å²) in [5.74, 6) is 1.30. The normalized spacial score (nSPS) is 10.4. The summed E-state index contributed by atoms with van der Waals surface area (Å²) >= 11 is 0. The zero-order valence-electron chi connectivity index (χ0n) is 10.4. The second-order valence-electron chi connectivity index (χ2n) is 4.07. The summed E-state index contributed by atoms with van der Waals surface area (Å²) in [4.78, 5) is 8.27. The van der Waals surface area contributed by atoms with Crippen molar-refractivity contribution in [2.24, 2.45) is 0 Å². The Bertz CT molecular complexity index is 725. The van der Waals surface area contributed by atoms with Crippen LogP contribution < -0.4 is 11.1 Å². The van der Waals surface area contributed by atoms with Gasteiger partial charge in [0.15, 0.2) is 5.82 Å². The molecule has 0 spiro atoms. The van der Waals surface area contributed by atoms with Gasteiger partial charge in [0.25, 0.3) is 0 Å². The molecule has 20 heavy (non-hydrogen) atoms. The van der Waals surface area contributed by atoms with Crippen molar-refractivity contribution in [3.63, 3.8) is 0 Å². The molecule has 0 amide bonds. The number of benzene rings is 1. The Hall–Kier alpha value is -3.09.